The van der Waals surface area contributed by atoms with E-state index in [0.29, 0.717) is 0 Å². The van der Waals surface area contributed by atoms with E-state index in [4.69, 9.17) is 15.0 Å². The minimum Gasteiger partial charge on any atom is -0.652 e. The van der Waals surface area contributed by atoms with Crippen molar-refractivity contribution in [2.75, 3.05) is 0 Å². The molecule has 0 unspecified atom stereocenters. The predicted octanol–water partition coefficient (Wildman–Crippen LogP) is -8.44. The van der Waals surface area contributed by atoms with Crippen molar-refractivity contribution in [1.82, 2.24) is 0 Å². The Morgan fingerprint density at radius 3 is 1.33 bits per heavy atom. The fraction of sp³-hybridized carbons (Fsp3) is 0. The third-order valence-electron chi connectivity index (χ3n) is 0. The zero-order valence-electron chi connectivity index (χ0n) is 3.72. The first-order chi connectivity index (χ1) is 1.73. The summed E-state index contributed by atoms with van der Waals surface area (Å²) in [5.74, 6) is 0. The third kappa shape index (κ3) is 49.4. The Hall–Kier alpha value is 1.50. The minimum absolute atomic E-state index is 0. The summed E-state index contributed by atoms with van der Waals surface area (Å²) in [5, 5.41) is 16.7. The van der Waals surface area contributed by atoms with Crippen LogP contribution in [0, 0.1) is 0 Å². The zero-order chi connectivity index (χ0) is 3.58. The van der Waals surface area contributed by atoms with Gasteiger partial charge in [-0.1, -0.05) is 0 Å². The van der Waals surface area contributed by atoms with E-state index in [1.54, 1.807) is 0 Å². The molecule has 0 N–H and O–H groups in total. The summed E-state index contributed by atoms with van der Waals surface area (Å²) in [5.41, 5.74) is 0. The van der Waals surface area contributed by atoms with Crippen LogP contribution in [0.5, 0.6) is 0 Å². The third-order valence-corrected chi connectivity index (χ3v) is 0. The fourth-order valence-electron chi connectivity index (χ4n) is 0. The number of hydrogen-bond acceptors (Lipinski definition) is 3. The van der Waals surface area contributed by atoms with Crippen molar-refractivity contribution in [3.8, 4) is 0 Å². The fourth-order valence-corrected chi connectivity index (χ4v) is 0. The van der Waals surface area contributed by atoms with Gasteiger partial charge in [0.05, 0.1) is 0 Å². The van der Waals surface area contributed by atoms with Crippen molar-refractivity contribution in [2.45, 2.75) is 0 Å². The van der Waals surface area contributed by atoms with Gasteiger partial charge in [0, 0.05) is 0 Å². The molecule has 0 aromatic carbocycles. The van der Waals surface area contributed by atoms with E-state index < -0.39 is 6.16 Å². The largest absolute Gasteiger partial charge is 1.00 e. The maximum absolute atomic E-state index is 8.33. The van der Waals surface area contributed by atoms with Crippen LogP contribution >= 0.6 is 0 Å². The Morgan fingerprint density at radius 2 is 1.33 bits per heavy atom. The van der Waals surface area contributed by atoms with E-state index in [9.17, 15) is 0 Å². The molecule has 0 spiro atoms. The Labute approximate surface area is 89.7 Å². The Balaban J connectivity index is -0.0000000450. The Morgan fingerprint density at radius 1 is 1.33 bits per heavy atom. The zero-order valence-corrected chi connectivity index (χ0v) is 6.85. The second kappa shape index (κ2) is 9.71. The summed E-state index contributed by atoms with van der Waals surface area (Å²) >= 11 is 0. The normalized spacial score (nSPS) is 4.00. The molecule has 0 aliphatic heterocycles. The molecule has 0 heterocycles. The molecule has 0 amide bonds. The van der Waals surface area contributed by atoms with E-state index in [1.807, 2.05) is 0 Å². The second-order valence-electron chi connectivity index (χ2n) is 0.250. The number of rotatable bonds is 0. The van der Waals surface area contributed by atoms with Crippen LogP contribution in [0.3, 0.4) is 0 Å². The van der Waals surface area contributed by atoms with Crippen LogP contribution in [0.25, 0.3) is 0 Å². The van der Waals surface area contributed by atoms with Crippen molar-refractivity contribution in [2.24, 2.45) is 0 Å². The molecule has 0 saturated carbocycles. The predicted molar refractivity (Wildman–Crippen MR) is 5.40 cm³/mol. The quantitative estimate of drug-likeness (QED) is 0.288. The van der Waals surface area contributed by atoms with E-state index in [-0.39, 0.29) is 70.2 Å². The number of carbonyl (C=O) groups excluding carboxylic acids is 1. The number of carbonyl (C=O) groups is 1. The van der Waals surface area contributed by atoms with E-state index >= 15 is 0 Å². The molecule has 6 heavy (non-hydrogen) atoms. The molecular formula is CKLiO3. The summed E-state index contributed by atoms with van der Waals surface area (Å²) in [6.07, 6.45) is -2.33. The first-order valence-electron chi connectivity index (χ1n) is 0.612. The molecule has 0 atom stereocenters. The smallest absolute Gasteiger partial charge is 0.652 e. The van der Waals surface area contributed by atoms with Crippen molar-refractivity contribution in [3.63, 3.8) is 0 Å². The molecule has 0 fully saturated rings. The van der Waals surface area contributed by atoms with Gasteiger partial charge in [0.15, 0.2) is 0 Å². The standard InChI is InChI=1S/CH2O3.K.Li/c2-1(3)4;;/h(H2,2,3,4);;/q;2*+1/p-2. The van der Waals surface area contributed by atoms with Crippen LogP contribution in [0.2, 0.25) is 0 Å². The van der Waals surface area contributed by atoms with Crippen molar-refractivity contribution in [1.29, 1.82) is 0 Å². The Kier molecular flexibility index (Phi) is 25.3. The van der Waals surface area contributed by atoms with Crippen LogP contribution in [0.4, 0.5) is 4.79 Å². The summed E-state index contributed by atoms with van der Waals surface area (Å²) in [6, 6.07) is 0. The van der Waals surface area contributed by atoms with Crippen LogP contribution in [0.1, 0.15) is 0 Å². The van der Waals surface area contributed by atoms with Gasteiger partial charge in [-0.15, -0.1) is 0 Å². The average Bonchev–Trinajstić information content (AvgIpc) is 0.811. The van der Waals surface area contributed by atoms with Gasteiger partial charge in [0.2, 0.25) is 0 Å². The van der Waals surface area contributed by atoms with E-state index in [1.165, 1.54) is 0 Å². The molecule has 0 radical (unpaired) electrons. The maximum atomic E-state index is 8.33. The van der Waals surface area contributed by atoms with Gasteiger partial charge in [0.1, 0.15) is 0 Å². The first-order valence-corrected chi connectivity index (χ1v) is 0.612. The molecule has 0 aromatic rings. The minimum atomic E-state index is -2.33. The van der Waals surface area contributed by atoms with Crippen molar-refractivity contribution < 1.29 is 85.3 Å². The summed E-state index contributed by atoms with van der Waals surface area (Å²) in [7, 11) is 0. The van der Waals surface area contributed by atoms with Gasteiger partial charge in [0.25, 0.3) is 0 Å². The summed E-state index contributed by atoms with van der Waals surface area (Å²) in [4.78, 5) is 8.33. The second-order valence-corrected chi connectivity index (χ2v) is 0.250. The topological polar surface area (TPSA) is 63.2 Å². The van der Waals surface area contributed by atoms with Crippen LogP contribution in [-0.4, -0.2) is 6.16 Å². The van der Waals surface area contributed by atoms with Gasteiger partial charge in [-0.2, -0.15) is 0 Å². The molecule has 0 rings (SSSR count). The Bertz CT molecular complexity index is 33.8. The molecule has 0 aliphatic rings. The van der Waals surface area contributed by atoms with Gasteiger partial charge in [-0.05, 0) is 6.16 Å². The molecule has 24 valence electrons. The first kappa shape index (κ1) is 15.6. The molecule has 0 saturated heterocycles. The van der Waals surface area contributed by atoms with Crippen LogP contribution in [0.15, 0.2) is 0 Å². The van der Waals surface area contributed by atoms with Crippen LogP contribution < -0.4 is 80.5 Å². The van der Waals surface area contributed by atoms with Gasteiger partial charge in [-0.3, -0.25) is 0 Å². The molecule has 0 bridgehead atoms. The van der Waals surface area contributed by atoms with Gasteiger partial charge >= 0.3 is 70.2 Å². The van der Waals surface area contributed by atoms with E-state index in [0.717, 1.165) is 0 Å². The summed E-state index contributed by atoms with van der Waals surface area (Å²) in [6.45, 7) is 0. The van der Waals surface area contributed by atoms with Gasteiger partial charge < -0.3 is 15.0 Å². The average molecular weight is 106 g/mol. The molecule has 0 aromatic heterocycles. The maximum Gasteiger partial charge on any atom is 1.00 e. The molecule has 5 heteroatoms. The molecular weight excluding hydrogens is 106 g/mol. The SMILES string of the molecule is O=C([O-])[O-].[K+].[Li+]. The monoisotopic (exact) mass is 106 g/mol. The van der Waals surface area contributed by atoms with Crippen molar-refractivity contribution >= 4 is 6.16 Å². The number of hydrogen-bond donors (Lipinski definition) is 0. The van der Waals surface area contributed by atoms with Crippen LogP contribution in [-0.2, 0) is 0 Å². The van der Waals surface area contributed by atoms with E-state index in [2.05, 4.69) is 0 Å². The summed E-state index contributed by atoms with van der Waals surface area (Å²) < 4.78 is 0. The molecule has 0 aliphatic carbocycles. The van der Waals surface area contributed by atoms with Gasteiger partial charge in [-0.25, -0.2) is 0 Å². The number of carboxylic acid groups (broad SMARTS) is 2. The molecule has 3 nitrogen and oxygen atoms in total. The van der Waals surface area contributed by atoms with Crippen molar-refractivity contribution in [3.05, 3.63) is 0 Å².